The Labute approximate surface area is 193 Å². The van der Waals surface area contributed by atoms with Gasteiger partial charge >= 0.3 is 5.69 Å². The number of thiophene rings is 1. The first-order chi connectivity index (χ1) is 15.9. The molecular formula is C22H25N5O5S. The van der Waals surface area contributed by atoms with Crippen molar-refractivity contribution in [1.29, 1.82) is 0 Å². The summed E-state index contributed by atoms with van der Waals surface area (Å²) in [5.41, 5.74) is 5.38. The van der Waals surface area contributed by atoms with Crippen LogP contribution in [0.4, 0.5) is 11.5 Å². The minimum atomic E-state index is -0.766. The Kier molecular flexibility index (Phi) is 8.17. The number of nitrogen functional groups attached to an aromatic ring is 1. The van der Waals surface area contributed by atoms with Crippen LogP contribution in [0, 0.1) is 0 Å². The number of nitrogens with zero attached hydrogens (tertiary/aromatic N) is 2. The minimum absolute atomic E-state index is 0.0638. The normalized spacial score (nSPS) is 10.7. The second-order valence-electron chi connectivity index (χ2n) is 7.09. The largest absolute Gasteiger partial charge is 0.383 e. The highest BCUT2D eigenvalue weighted by atomic mass is 32.1. The molecule has 2 heterocycles. The van der Waals surface area contributed by atoms with Crippen LogP contribution in [-0.2, 0) is 22.6 Å². The van der Waals surface area contributed by atoms with Gasteiger partial charge in [0.15, 0.2) is 5.69 Å². The van der Waals surface area contributed by atoms with E-state index < -0.39 is 17.2 Å². The molecule has 0 fully saturated rings. The second-order valence-corrected chi connectivity index (χ2v) is 8.03. The topological polar surface area (TPSA) is 140 Å². The Morgan fingerprint density at radius 2 is 1.94 bits per heavy atom. The maximum atomic E-state index is 13.2. The molecular weight excluding hydrogens is 446 g/mol. The first-order valence-electron chi connectivity index (χ1n) is 10.2. The third kappa shape index (κ3) is 5.96. The molecule has 174 valence electrons. The summed E-state index contributed by atoms with van der Waals surface area (Å²) >= 11 is 1.30. The highest BCUT2D eigenvalue weighted by molar-refractivity contribution is 7.12. The van der Waals surface area contributed by atoms with Gasteiger partial charge in [-0.1, -0.05) is 36.4 Å². The molecule has 0 unspecified atom stereocenters. The number of amides is 2. The number of carbonyl (C=O) groups is 2. The zero-order valence-corrected chi connectivity index (χ0v) is 18.9. The van der Waals surface area contributed by atoms with Gasteiger partial charge in [-0.15, -0.1) is 11.3 Å². The number of H-pyrrole nitrogens is 1. The van der Waals surface area contributed by atoms with E-state index in [1.54, 1.807) is 17.5 Å². The molecule has 0 aliphatic heterocycles. The third-order valence-electron chi connectivity index (χ3n) is 4.86. The van der Waals surface area contributed by atoms with Gasteiger partial charge in [-0.25, -0.2) is 4.79 Å². The van der Waals surface area contributed by atoms with Crippen molar-refractivity contribution in [2.45, 2.75) is 19.5 Å². The van der Waals surface area contributed by atoms with E-state index in [0.717, 1.165) is 10.1 Å². The van der Waals surface area contributed by atoms with Crippen molar-refractivity contribution in [3.8, 4) is 0 Å². The molecule has 2 amide bonds. The fourth-order valence-corrected chi connectivity index (χ4v) is 3.85. The zero-order chi connectivity index (χ0) is 23.8. The lowest BCUT2D eigenvalue weighted by atomic mass is 10.2. The number of aromatic amines is 1. The Bertz CT molecular complexity index is 1200. The number of rotatable bonds is 10. The molecule has 0 saturated heterocycles. The highest BCUT2D eigenvalue weighted by Gasteiger charge is 2.24. The van der Waals surface area contributed by atoms with Crippen LogP contribution >= 0.6 is 11.3 Å². The number of ether oxygens (including phenoxy) is 1. The summed E-state index contributed by atoms with van der Waals surface area (Å²) in [6, 6.07) is 12.5. The zero-order valence-electron chi connectivity index (χ0n) is 18.1. The van der Waals surface area contributed by atoms with Crippen molar-refractivity contribution in [1.82, 2.24) is 14.9 Å². The van der Waals surface area contributed by atoms with Crippen LogP contribution < -0.4 is 27.2 Å². The molecule has 3 aromatic rings. The van der Waals surface area contributed by atoms with Gasteiger partial charge in [0, 0.05) is 20.1 Å². The first kappa shape index (κ1) is 24.0. The molecule has 1 aromatic carbocycles. The van der Waals surface area contributed by atoms with Crippen LogP contribution in [0.15, 0.2) is 57.4 Å². The SMILES string of the molecule is COCCn1c(N)c(N(Cc2ccccc2)C(=O)CCNC(=O)c2cccs2)c(=O)[nH]c1=O. The summed E-state index contributed by atoms with van der Waals surface area (Å²) in [4.78, 5) is 54.3. The Hall–Kier alpha value is -3.70. The highest BCUT2D eigenvalue weighted by Crippen LogP contribution is 2.20. The van der Waals surface area contributed by atoms with Gasteiger partial charge in [-0.2, -0.15) is 0 Å². The smallest absolute Gasteiger partial charge is 0.330 e. The molecule has 0 bridgehead atoms. The van der Waals surface area contributed by atoms with E-state index in [9.17, 15) is 19.2 Å². The molecule has 3 rings (SSSR count). The fraction of sp³-hybridized carbons (Fsp3) is 0.273. The first-order valence-corrected chi connectivity index (χ1v) is 11.1. The van der Waals surface area contributed by atoms with Gasteiger partial charge in [-0.3, -0.25) is 23.9 Å². The number of nitrogens with two attached hydrogens (primary N) is 1. The number of hydrogen-bond acceptors (Lipinski definition) is 7. The van der Waals surface area contributed by atoms with Crippen LogP contribution in [0.25, 0.3) is 0 Å². The molecule has 0 spiro atoms. The van der Waals surface area contributed by atoms with Gasteiger partial charge < -0.3 is 20.7 Å². The summed E-state index contributed by atoms with van der Waals surface area (Å²) in [6.07, 6.45) is -0.0694. The van der Waals surface area contributed by atoms with Gasteiger partial charge in [-0.05, 0) is 17.0 Å². The Balaban J connectivity index is 1.88. The molecule has 4 N–H and O–H groups in total. The molecule has 0 aliphatic rings. The molecule has 0 aliphatic carbocycles. The monoisotopic (exact) mass is 471 g/mol. The molecule has 2 aromatic heterocycles. The van der Waals surface area contributed by atoms with Gasteiger partial charge in [0.25, 0.3) is 11.5 Å². The van der Waals surface area contributed by atoms with E-state index in [1.165, 1.54) is 23.3 Å². The third-order valence-corrected chi connectivity index (χ3v) is 5.73. The maximum Gasteiger partial charge on any atom is 0.330 e. The molecule has 33 heavy (non-hydrogen) atoms. The van der Waals surface area contributed by atoms with Crippen LogP contribution in [-0.4, -0.2) is 41.6 Å². The van der Waals surface area contributed by atoms with E-state index in [2.05, 4.69) is 10.3 Å². The Morgan fingerprint density at radius 3 is 2.61 bits per heavy atom. The van der Waals surface area contributed by atoms with Crippen LogP contribution in [0.1, 0.15) is 21.7 Å². The van der Waals surface area contributed by atoms with E-state index in [1.807, 2.05) is 30.3 Å². The lowest BCUT2D eigenvalue weighted by Crippen LogP contribution is -2.42. The average molecular weight is 472 g/mol. The summed E-state index contributed by atoms with van der Waals surface area (Å²) in [6.45, 7) is 0.433. The minimum Gasteiger partial charge on any atom is -0.383 e. The number of aromatic nitrogens is 2. The molecule has 10 nitrogen and oxygen atoms in total. The molecule has 0 radical (unpaired) electrons. The standard InChI is InChI=1S/C22H25N5O5S/c1-32-12-11-26-19(23)18(21(30)25-22(26)31)27(14-15-6-3-2-4-7-15)17(28)9-10-24-20(29)16-8-5-13-33-16/h2-8,13H,9-12,14,23H2,1H3,(H,24,29)(H,25,30,31). The van der Waals surface area contributed by atoms with Crippen molar-refractivity contribution in [3.63, 3.8) is 0 Å². The molecule has 11 heteroatoms. The predicted molar refractivity (Wildman–Crippen MR) is 127 cm³/mol. The fourth-order valence-electron chi connectivity index (χ4n) is 3.21. The van der Waals surface area contributed by atoms with Crippen molar-refractivity contribution in [2.24, 2.45) is 0 Å². The number of methoxy groups -OCH3 is 1. The number of anilines is 2. The van der Waals surface area contributed by atoms with Gasteiger partial charge in [0.1, 0.15) is 5.82 Å². The van der Waals surface area contributed by atoms with Crippen molar-refractivity contribution in [2.75, 3.05) is 30.9 Å². The lowest BCUT2D eigenvalue weighted by molar-refractivity contribution is -0.118. The van der Waals surface area contributed by atoms with E-state index >= 15 is 0 Å². The molecule has 0 atom stereocenters. The van der Waals surface area contributed by atoms with Crippen LogP contribution in [0.2, 0.25) is 0 Å². The van der Waals surface area contributed by atoms with Crippen molar-refractivity contribution in [3.05, 3.63) is 79.1 Å². The average Bonchev–Trinajstić information content (AvgIpc) is 3.34. The number of hydrogen-bond donors (Lipinski definition) is 3. The van der Waals surface area contributed by atoms with E-state index in [0.29, 0.717) is 4.88 Å². The second kappa shape index (κ2) is 11.2. The summed E-state index contributed by atoms with van der Waals surface area (Å²) < 4.78 is 6.17. The van der Waals surface area contributed by atoms with Crippen molar-refractivity contribution >= 4 is 34.7 Å². The summed E-state index contributed by atoms with van der Waals surface area (Å²) in [5.74, 6) is -0.843. The maximum absolute atomic E-state index is 13.2. The predicted octanol–water partition coefficient (Wildman–Crippen LogP) is 1.18. The van der Waals surface area contributed by atoms with Crippen molar-refractivity contribution < 1.29 is 14.3 Å². The quantitative estimate of drug-likeness (QED) is 0.406. The Morgan fingerprint density at radius 1 is 1.18 bits per heavy atom. The molecule has 0 saturated carbocycles. The number of nitrogens with one attached hydrogen (secondary N) is 2. The van der Waals surface area contributed by atoms with Crippen LogP contribution in [0.3, 0.4) is 0 Å². The number of benzene rings is 1. The van der Waals surface area contributed by atoms with Gasteiger partial charge in [0.05, 0.1) is 24.6 Å². The van der Waals surface area contributed by atoms with E-state index in [4.69, 9.17) is 10.5 Å². The summed E-state index contributed by atoms with van der Waals surface area (Å²) in [5, 5.41) is 4.49. The number of carbonyl (C=O) groups excluding carboxylic acids is 2. The van der Waals surface area contributed by atoms with Crippen LogP contribution in [0.5, 0.6) is 0 Å². The van der Waals surface area contributed by atoms with E-state index in [-0.39, 0.29) is 50.1 Å². The summed E-state index contributed by atoms with van der Waals surface area (Å²) in [7, 11) is 1.48. The van der Waals surface area contributed by atoms with Gasteiger partial charge in [0.2, 0.25) is 5.91 Å². The lowest BCUT2D eigenvalue weighted by Gasteiger charge is -2.25.